The second-order valence-corrected chi connectivity index (χ2v) is 6.74. The lowest BCUT2D eigenvalue weighted by Crippen LogP contribution is -2.16. The topological polar surface area (TPSA) is 72.6 Å². The van der Waals surface area contributed by atoms with Gasteiger partial charge in [-0.05, 0) is 61.6 Å². The Hall–Kier alpha value is -1.55. The van der Waals surface area contributed by atoms with E-state index >= 15 is 0 Å². The number of fused-ring (bicyclic) bond motifs is 3. The molecule has 0 radical (unpaired) electrons. The van der Waals surface area contributed by atoms with Crippen molar-refractivity contribution in [2.75, 3.05) is 6.61 Å². The first kappa shape index (κ1) is 15.3. The van der Waals surface area contributed by atoms with Crippen LogP contribution in [0.4, 0.5) is 0 Å². The summed E-state index contributed by atoms with van der Waals surface area (Å²) in [6, 6.07) is 4.59. The van der Waals surface area contributed by atoms with Gasteiger partial charge in [0.1, 0.15) is 5.75 Å². The second-order valence-electron chi connectivity index (χ2n) is 6.74. The average molecular weight is 303 g/mol. The van der Waals surface area contributed by atoms with Crippen LogP contribution in [0.5, 0.6) is 5.75 Å². The van der Waals surface area contributed by atoms with Gasteiger partial charge in [-0.25, -0.2) is 0 Å². The monoisotopic (exact) mass is 303 g/mol. The van der Waals surface area contributed by atoms with Gasteiger partial charge < -0.3 is 15.6 Å². The molecule has 1 aromatic carbocycles. The van der Waals surface area contributed by atoms with Crippen molar-refractivity contribution in [3.8, 4) is 5.75 Å². The standard InChI is InChI=1S/C13H14O3.C5H11N/c14-12(15)7-9-2-1-8-3-4-11-10(13(8)9)5-6-16-11;1-4(6)5-2-3-5/h3-4,9H,1-2,5-7H2,(H,14,15);4-5H,2-3,6H2,1H3/t9-;4-/m01/s1. The number of hydrogen-bond donors (Lipinski definition) is 2. The highest BCUT2D eigenvalue weighted by molar-refractivity contribution is 5.69. The van der Waals surface area contributed by atoms with E-state index in [2.05, 4.69) is 13.0 Å². The quantitative estimate of drug-likeness (QED) is 0.900. The zero-order valence-corrected chi connectivity index (χ0v) is 13.2. The zero-order chi connectivity index (χ0) is 15.7. The lowest BCUT2D eigenvalue weighted by Gasteiger charge is -2.12. The first-order chi connectivity index (χ1) is 10.6. The number of benzene rings is 1. The molecule has 2 aliphatic carbocycles. The molecule has 0 aromatic heterocycles. The maximum Gasteiger partial charge on any atom is 0.303 e. The van der Waals surface area contributed by atoms with E-state index in [1.165, 1.54) is 29.5 Å². The van der Waals surface area contributed by atoms with Crippen LogP contribution in [0, 0.1) is 5.92 Å². The number of nitrogens with two attached hydrogens (primary N) is 1. The molecule has 0 spiro atoms. The van der Waals surface area contributed by atoms with E-state index in [1.807, 2.05) is 6.07 Å². The minimum atomic E-state index is -0.700. The van der Waals surface area contributed by atoms with Crippen molar-refractivity contribution in [3.05, 3.63) is 28.8 Å². The Morgan fingerprint density at radius 3 is 2.73 bits per heavy atom. The van der Waals surface area contributed by atoms with E-state index in [0.29, 0.717) is 6.04 Å². The molecule has 4 heteroatoms. The molecule has 1 aliphatic heterocycles. The molecule has 4 nitrogen and oxygen atoms in total. The molecule has 1 heterocycles. The molecule has 1 fully saturated rings. The highest BCUT2D eigenvalue weighted by Crippen LogP contribution is 2.43. The largest absolute Gasteiger partial charge is 0.493 e. The predicted octanol–water partition coefficient (Wildman–Crippen LogP) is 2.87. The normalized spacial score (nSPS) is 22.9. The molecular weight excluding hydrogens is 278 g/mol. The van der Waals surface area contributed by atoms with Crippen LogP contribution in [0.1, 0.15) is 55.2 Å². The van der Waals surface area contributed by atoms with Gasteiger partial charge in [-0.15, -0.1) is 0 Å². The minimum absolute atomic E-state index is 0.198. The van der Waals surface area contributed by atoms with Gasteiger partial charge in [0.15, 0.2) is 0 Å². The van der Waals surface area contributed by atoms with Gasteiger partial charge in [0.05, 0.1) is 13.0 Å². The van der Waals surface area contributed by atoms with Crippen LogP contribution < -0.4 is 10.5 Å². The maximum absolute atomic E-state index is 10.8. The fourth-order valence-corrected chi connectivity index (χ4v) is 3.59. The van der Waals surface area contributed by atoms with Crippen molar-refractivity contribution in [1.29, 1.82) is 0 Å². The van der Waals surface area contributed by atoms with Gasteiger partial charge in [0.2, 0.25) is 0 Å². The molecule has 22 heavy (non-hydrogen) atoms. The number of hydrogen-bond acceptors (Lipinski definition) is 3. The molecule has 1 saturated carbocycles. The minimum Gasteiger partial charge on any atom is -0.493 e. The van der Waals surface area contributed by atoms with E-state index in [0.717, 1.165) is 37.5 Å². The predicted molar refractivity (Wildman–Crippen MR) is 85.3 cm³/mol. The summed E-state index contributed by atoms with van der Waals surface area (Å²) in [6.07, 6.45) is 5.92. The summed E-state index contributed by atoms with van der Waals surface area (Å²) < 4.78 is 5.53. The molecule has 3 N–H and O–H groups in total. The Morgan fingerprint density at radius 1 is 1.36 bits per heavy atom. The molecule has 4 rings (SSSR count). The van der Waals surface area contributed by atoms with Gasteiger partial charge in [-0.1, -0.05) is 6.07 Å². The summed E-state index contributed by atoms with van der Waals surface area (Å²) in [5, 5.41) is 8.92. The summed E-state index contributed by atoms with van der Waals surface area (Å²) in [5.74, 6) is 1.35. The van der Waals surface area contributed by atoms with E-state index in [9.17, 15) is 4.79 Å². The number of aliphatic carboxylic acids is 1. The van der Waals surface area contributed by atoms with E-state index in [4.69, 9.17) is 15.6 Å². The van der Waals surface area contributed by atoms with Crippen LogP contribution in [0.15, 0.2) is 12.1 Å². The fraction of sp³-hybridized carbons (Fsp3) is 0.611. The van der Waals surface area contributed by atoms with Gasteiger partial charge >= 0.3 is 5.97 Å². The van der Waals surface area contributed by atoms with E-state index < -0.39 is 5.97 Å². The van der Waals surface area contributed by atoms with Gasteiger partial charge in [0, 0.05) is 18.0 Å². The molecule has 0 amide bonds. The Balaban J connectivity index is 0.000000202. The van der Waals surface area contributed by atoms with Crippen LogP contribution in [0.3, 0.4) is 0 Å². The lowest BCUT2D eigenvalue weighted by molar-refractivity contribution is -0.137. The van der Waals surface area contributed by atoms with Crippen molar-refractivity contribution in [1.82, 2.24) is 0 Å². The third kappa shape index (κ3) is 3.27. The van der Waals surface area contributed by atoms with Gasteiger partial charge in [-0.3, -0.25) is 4.79 Å². The number of carboxylic acid groups (broad SMARTS) is 1. The van der Waals surface area contributed by atoms with Crippen molar-refractivity contribution in [2.45, 2.75) is 57.4 Å². The molecule has 120 valence electrons. The Labute approximate surface area is 131 Å². The van der Waals surface area contributed by atoms with Crippen molar-refractivity contribution in [2.24, 2.45) is 11.7 Å². The van der Waals surface area contributed by atoms with E-state index in [-0.39, 0.29) is 12.3 Å². The van der Waals surface area contributed by atoms with Gasteiger partial charge in [0.25, 0.3) is 0 Å². The summed E-state index contributed by atoms with van der Waals surface area (Å²) in [5.41, 5.74) is 9.37. The summed E-state index contributed by atoms with van der Waals surface area (Å²) in [4.78, 5) is 10.8. The summed E-state index contributed by atoms with van der Waals surface area (Å²) in [6.45, 7) is 2.82. The van der Waals surface area contributed by atoms with Gasteiger partial charge in [-0.2, -0.15) is 0 Å². The number of ether oxygens (including phenoxy) is 1. The third-order valence-corrected chi connectivity index (χ3v) is 4.97. The van der Waals surface area contributed by atoms with Crippen LogP contribution in [0.2, 0.25) is 0 Å². The van der Waals surface area contributed by atoms with Crippen LogP contribution in [-0.4, -0.2) is 23.7 Å². The fourth-order valence-electron chi connectivity index (χ4n) is 3.59. The first-order valence-electron chi connectivity index (χ1n) is 8.31. The summed E-state index contributed by atoms with van der Waals surface area (Å²) >= 11 is 0. The molecule has 0 bridgehead atoms. The Morgan fingerprint density at radius 2 is 2.14 bits per heavy atom. The number of aryl methyl sites for hydroxylation is 1. The van der Waals surface area contributed by atoms with Crippen LogP contribution in [0.25, 0.3) is 0 Å². The Bertz CT molecular complexity index is 564. The Kier molecular flexibility index (Phi) is 4.39. The smallest absolute Gasteiger partial charge is 0.303 e. The van der Waals surface area contributed by atoms with Crippen molar-refractivity contribution < 1.29 is 14.6 Å². The highest BCUT2D eigenvalue weighted by Gasteiger charge is 2.30. The summed E-state index contributed by atoms with van der Waals surface area (Å²) in [7, 11) is 0. The second kappa shape index (κ2) is 6.29. The lowest BCUT2D eigenvalue weighted by atomic mass is 9.92. The highest BCUT2D eigenvalue weighted by atomic mass is 16.5. The van der Waals surface area contributed by atoms with Crippen molar-refractivity contribution in [3.63, 3.8) is 0 Å². The number of carbonyl (C=O) groups is 1. The third-order valence-electron chi connectivity index (χ3n) is 4.97. The molecule has 0 unspecified atom stereocenters. The SMILES string of the molecule is C[C@@H](N)C1CC1.O=C(O)C[C@@H]1CCc2ccc3c(c21)CCO3. The van der Waals surface area contributed by atoms with Crippen LogP contribution >= 0.6 is 0 Å². The number of carboxylic acids is 1. The van der Waals surface area contributed by atoms with E-state index in [1.54, 1.807) is 0 Å². The molecule has 0 saturated heterocycles. The van der Waals surface area contributed by atoms with Crippen LogP contribution in [-0.2, 0) is 17.6 Å². The van der Waals surface area contributed by atoms with Crippen molar-refractivity contribution >= 4 is 5.97 Å². The number of rotatable bonds is 3. The molecule has 3 aliphatic rings. The maximum atomic E-state index is 10.8. The molecule has 1 aromatic rings. The molecule has 2 atom stereocenters. The average Bonchev–Trinajstić information content (AvgIpc) is 3.09. The molecular formula is C18H25NO3. The first-order valence-corrected chi connectivity index (χ1v) is 8.31. The zero-order valence-electron chi connectivity index (χ0n) is 13.2.